The molecule has 170 valence electrons. The largest absolute Gasteiger partial charge is 0.378 e. The summed E-state index contributed by atoms with van der Waals surface area (Å²) >= 11 is 0. The highest BCUT2D eigenvalue weighted by molar-refractivity contribution is 5.96. The number of anilines is 1. The molecule has 2 aliphatic rings. The minimum Gasteiger partial charge on any atom is -0.378 e. The highest BCUT2D eigenvalue weighted by Gasteiger charge is 2.18. The molecule has 0 radical (unpaired) electrons. The highest BCUT2D eigenvalue weighted by atomic mass is 35.5. The Hall–Kier alpha value is -1.63. The number of ether oxygens (including phenoxy) is 1. The molecule has 0 atom stereocenters. The Kier molecular flexibility index (Phi) is 10.8. The minimum atomic E-state index is 0. The van der Waals surface area contributed by atoms with Crippen molar-refractivity contribution in [3.63, 3.8) is 0 Å². The summed E-state index contributed by atoms with van der Waals surface area (Å²) in [7, 11) is 0. The Morgan fingerprint density at radius 2 is 1.39 bits per heavy atom. The van der Waals surface area contributed by atoms with Crippen molar-refractivity contribution >= 4 is 36.3 Å². The molecule has 2 heterocycles. The van der Waals surface area contributed by atoms with E-state index in [2.05, 4.69) is 57.2 Å². The van der Waals surface area contributed by atoms with Gasteiger partial charge < -0.3 is 14.5 Å². The Bertz CT molecular complexity index is 775. The van der Waals surface area contributed by atoms with Gasteiger partial charge in [0.15, 0.2) is 5.78 Å². The van der Waals surface area contributed by atoms with E-state index in [1.165, 1.54) is 11.3 Å². The number of benzene rings is 2. The number of halogens is 2. The number of morpholine rings is 1. The molecular weight excluding hydrogens is 433 g/mol. The first-order valence-corrected chi connectivity index (χ1v) is 10.7. The van der Waals surface area contributed by atoms with Crippen LogP contribution in [0.3, 0.4) is 0 Å². The molecule has 4 rings (SSSR count). The molecule has 0 aromatic heterocycles. The molecule has 31 heavy (non-hydrogen) atoms. The molecule has 0 saturated carbocycles. The molecule has 0 unspecified atom stereocenters. The van der Waals surface area contributed by atoms with E-state index in [1.54, 1.807) is 0 Å². The van der Waals surface area contributed by atoms with Gasteiger partial charge in [-0.05, 0) is 29.8 Å². The van der Waals surface area contributed by atoms with Crippen LogP contribution < -0.4 is 4.90 Å². The van der Waals surface area contributed by atoms with Crippen LogP contribution in [-0.2, 0) is 11.3 Å². The summed E-state index contributed by atoms with van der Waals surface area (Å²) in [5.41, 5.74) is 3.38. The number of hydrogen-bond acceptors (Lipinski definition) is 5. The molecule has 2 aliphatic heterocycles. The van der Waals surface area contributed by atoms with E-state index >= 15 is 0 Å². The lowest BCUT2D eigenvalue weighted by Gasteiger charge is -2.34. The maximum atomic E-state index is 12.6. The quantitative estimate of drug-likeness (QED) is 0.581. The van der Waals surface area contributed by atoms with E-state index in [4.69, 9.17) is 4.74 Å². The summed E-state index contributed by atoms with van der Waals surface area (Å²) in [6.07, 6.45) is 0.593. The summed E-state index contributed by atoms with van der Waals surface area (Å²) < 4.78 is 5.41. The van der Waals surface area contributed by atoms with Crippen LogP contribution in [0.4, 0.5) is 5.69 Å². The number of Topliss-reactive ketones (excluding diaryl/α,β-unsaturated/α-hetero) is 1. The third-order valence-electron chi connectivity index (χ3n) is 5.93. The molecular formula is C24H33Cl2N3O2. The van der Waals surface area contributed by atoms with E-state index in [-0.39, 0.29) is 30.6 Å². The van der Waals surface area contributed by atoms with Crippen molar-refractivity contribution in [2.45, 2.75) is 13.0 Å². The third kappa shape index (κ3) is 7.48. The maximum absolute atomic E-state index is 12.6. The maximum Gasteiger partial charge on any atom is 0.164 e. The number of ketones is 1. The molecule has 7 heteroatoms. The second-order valence-electron chi connectivity index (χ2n) is 7.92. The van der Waals surface area contributed by atoms with Gasteiger partial charge in [0.1, 0.15) is 0 Å². The number of piperazine rings is 1. The van der Waals surface area contributed by atoms with Crippen molar-refractivity contribution in [2.24, 2.45) is 0 Å². The van der Waals surface area contributed by atoms with E-state index in [0.717, 1.165) is 71.1 Å². The fourth-order valence-corrected chi connectivity index (χ4v) is 4.10. The lowest BCUT2D eigenvalue weighted by Crippen LogP contribution is -2.46. The van der Waals surface area contributed by atoms with Crippen LogP contribution in [0.25, 0.3) is 0 Å². The normalized spacial score (nSPS) is 17.5. The summed E-state index contributed by atoms with van der Waals surface area (Å²) in [5, 5.41) is 0. The van der Waals surface area contributed by atoms with Crippen molar-refractivity contribution in [1.29, 1.82) is 0 Å². The molecule has 0 N–H and O–H groups in total. The van der Waals surface area contributed by atoms with Crippen LogP contribution in [0.15, 0.2) is 54.6 Å². The Labute approximate surface area is 198 Å². The fourth-order valence-electron chi connectivity index (χ4n) is 4.10. The van der Waals surface area contributed by atoms with Gasteiger partial charge >= 0.3 is 0 Å². The zero-order valence-corrected chi connectivity index (χ0v) is 19.6. The average Bonchev–Trinajstić information content (AvgIpc) is 2.80. The van der Waals surface area contributed by atoms with E-state index in [0.29, 0.717) is 6.42 Å². The minimum absolute atomic E-state index is 0. The molecule has 2 saturated heterocycles. The molecule has 2 aromatic rings. The Morgan fingerprint density at radius 3 is 2.03 bits per heavy atom. The topological polar surface area (TPSA) is 36.0 Å². The van der Waals surface area contributed by atoms with Gasteiger partial charge in [-0.25, -0.2) is 0 Å². The fraction of sp³-hybridized carbons (Fsp3) is 0.458. The molecule has 0 amide bonds. The Balaban J connectivity index is 0.00000171. The highest BCUT2D eigenvalue weighted by Crippen LogP contribution is 2.18. The Morgan fingerprint density at radius 1 is 0.774 bits per heavy atom. The SMILES string of the molecule is Cl.Cl.O=C(CCN1CCN(Cc2ccccc2)CC1)c1ccc(N2CCOCC2)cc1. The van der Waals surface area contributed by atoms with Gasteiger partial charge in [0.05, 0.1) is 13.2 Å². The molecule has 2 aromatic carbocycles. The van der Waals surface area contributed by atoms with E-state index in [9.17, 15) is 4.79 Å². The van der Waals surface area contributed by atoms with Crippen LogP contribution in [0.5, 0.6) is 0 Å². The predicted molar refractivity (Wildman–Crippen MR) is 131 cm³/mol. The summed E-state index contributed by atoms with van der Waals surface area (Å²) in [6, 6.07) is 18.7. The summed E-state index contributed by atoms with van der Waals surface area (Å²) in [6.45, 7) is 9.47. The zero-order chi connectivity index (χ0) is 19.9. The van der Waals surface area contributed by atoms with Gasteiger partial charge in [-0.1, -0.05) is 30.3 Å². The van der Waals surface area contributed by atoms with Crippen molar-refractivity contribution < 1.29 is 9.53 Å². The number of rotatable bonds is 7. The van der Waals surface area contributed by atoms with Crippen molar-refractivity contribution in [3.8, 4) is 0 Å². The van der Waals surface area contributed by atoms with E-state index in [1.807, 2.05) is 12.1 Å². The second kappa shape index (κ2) is 13.0. The molecule has 0 spiro atoms. The van der Waals surface area contributed by atoms with Gasteiger partial charge in [-0.2, -0.15) is 0 Å². The van der Waals surface area contributed by atoms with Crippen molar-refractivity contribution in [2.75, 3.05) is 63.9 Å². The van der Waals surface area contributed by atoms with Crippen molar-refractivity contribution in [3.05, 3.63) is 65.7 Å². The predicted octanol–water partition coefficient (Wildman–Crippen LogP) is 3.76. The van der Waals surface area contributed by atoms with Gasteiger partial charge in [-0.3, -0.25) is 9.69 Å². The number of carbonyl (C=O) groups is 1. The van der Waals surface area contributed by atoms with Gasteiger partial charge in [0.2, 0.25) is 0 Å². The van der Waals surface area contributed by atoms with Crippen LogP contribution >= 0.6 is 24.8 Å². The number of carbonyl (C=O) groups excluding carboxylic acids is 1. The number of nitrogens with zero attached hydrogens (tertiary/aromatic N) is 3. The second-order valence-corrected chi connectivity index (χ2v) is 7.92. The van der Waals surface area contributed by atoms with Gasteiger partial charge in [-0.15, -0.1) is 24.8 Å². The van der Waals surface area contributed by atoms with Crippen LogP contribution in [0.1, 0.15) is 22.3 Å². The molecule has 0 bridgehead atoms. The van der Waals surface area contributed by atoms with Gasteiger partial charge in [0.25, 0.3) is 0 Å². The number of hydrogen-bond donors (Lipinski definition) is 0. The standard InChI is InChI=1S/C24H31N3O2.2ClH/c28-24(22-6-8-23(9-7-22)27-16-18-29-19-17-27)10-11-25-12-14-26(15-13-25)20-21-4-2-1-3-5-21;;/h1-9H,10-20H2;2*1H. The first kappa shape index (κ1) is 25.6. The molecule has 5 nitrogen and oxygen atoms in total. The molecule has 2 fully saturated rings. The third-order valence-corrected chi connectivity index (χ3v) is 5.93. The summed E-state index contributed by atoms with van der Waals surface area (Å²) in [5.74, 6) is 0.241. The first-order chi connectivity index (χ1) is 14.3. The zero-order valence-electron chi connectivity index (χ0n) is 17.9. The first-order valence-electron chi connectivity index (χ1n) is 10.7. The monoisotopic (exact) mass is 465 g/mol. The lowest BCUT2D eigenvalue weighted by molar-refractivity contribution is 0.0922. The lowest BCUT2D eigenvalue weighted by atomic mass is 10.1. The van der Waals surface area contributed by atoms with Crippen LogP contribution in [0, 0.1) is 0 Å². The van der Waals surface area contributed by atoms with Crippen LogP contribution in [-0.4, -0.2) is 74.6 Å². The average molecular weight is 466 g/mol. The van der Waals surface area contributed by atoms with Crippen LogP contribution in [0.2, 0.25) is 0 Å². The molecule has 0 aliphatic carbocycles. The van der Waals surface area contributed by atoms with E-state index < -0.39 is 0 Å². The van der Waals surface area contributed by atoms with Gasteiger partial charge in [0, 0.05) is 70.0 Å². The summed E-state index contributed by atoms with van der Waals surface area (Å²) in [4.78, 5) is 19.8. The van der Waals surface area contributed by atoms with Crippen molar-refractivity contribution in [1.82, 2.24) is 9.80 Å². The smallest absolute Gasteiger partial charge is 0.164 e.